The van der Waals surface area contributed by atoms with Gasteiger partial charge < -0.3 is 14.8 Å². The number of ether oxygens (including phenoxy) is 2. The lowest BCUT2D eigenvalue weighted by Gasteiger charge is -2.36. The van der Waals surface area contributed by atoms with Crippen LogP contribution in [0, 0.1) is 0 Å². The molecule has 18 heavy (non-hydrogen) atoms. The third-order valence-corrected chi connectivity index (χ3v) is 2.89. The Balaban J connectivity index is 2.13. The van der Waals surface area contributed by atoms with Crippen LogP contribution in [-0.4, -0.2) is 25.3 Å². The van der Waals surface area contributed by atoms with Crippen molar-refractivity contribution in [1.29, 1.82) is 0 Å². The average molecular weight is 257 g/mol. The molecule has 5 heteroatoms. The fourth-order valence-corrected chi connectivity index (χ4v) is 1.94. The lowest BCUT2D eigenvalue weighted by atomic mass is 10.0. The van der Waals surface area contributed by atoms with Crippen LogP contribution in [0.1, 0.15) is 25.5 Å². The van der Waals surface area contributed by atoms with Crippen molar-refractivity contribution in [2.45, 2.75) is 32.1 Å². The van der Waals surface area contributed by atoms with Gasteiger partial charge in [-0.2, -0.15) is 8.78 Å². The number of nitrogens with one attached hydrogen (secondary N) is 1. The number of para-hydroxylation sites is 1. The largest absolute Gasteiger partial charge is 0.434 e. The van der Waals surface area contributed by atoms with Crippen molar-refractivity contribution in [2.24, 2.45) is 0 Å². The standard InChI is InChI=1S/C13H17F2NO2/c1-13(2)8-17-11(7-16-13)9-5-3-4-6-10(9)18-12(14)15/h3-6,11-12,16H,7-8H2,1-2H3. The molecule has 0 saturated carbocycles. The van der Waals surface area contributed by atoms with Gasteiger partial charge in [-0.3, -0.25) is 0 Å². The van der Waals surface area contributed by atoms with Gasteiger partial charge in [0.25, 0.3) is 0 Å². The van der Waals surface area contributed by atoms with E-state index in [0.717, 1.165) is 0 Å². The molecule has 1 aromatic rings. The summed E-state index contributed by atoms with van der Waals surface area (Å²) in [5.41, 5.74) is 0.565. The van der Waals surface area contributed by atoms with Crippen molar-refractivity contribution < 1.29 is 18.3 Å². The van der Waals surface area contributed by atoms with Crippen molar-refractivity contribution in [1.82, 2.24) is 5.32 Å². The van der Waals surface area contributed by atoms with Crippen molar-refractivity contribution in [2.75, 3.05) is 13.2 Å². The van der Waals surface area contributed by atoms with Crippen LogP contribution in [0.25, 0.3) is 0 Å². The Hall–Kier alpha value is -1.20. The summed E-state index contributed by atoms with van der Waals surface area (Å²) in [4.78, 5) is 0. The zero-order chi connectivity index (χ0) is 13.2. The second-order valence-corrected chi connectivity index (χ2v) is 4.98. The number of morpholine rings is 1. The first kappa shape index (κ1) is 13.2. The minimum Gasteiger partial charge on any atom is -0.434 e. The summed E-state index contributed by atoms with van der Waals surface area (Å²) in [7, 11) is 0. The zero-order valence-electron chi connectivity index (χ0n) is 10.5. The number of halogens is 2. The molecular weight excluding hydrogens is 240 g/mol. The first-order valence-electron chi connectivity index (χ1n) is 5.88. The Bertz CT molecular complexity index is 400. The molecule has 1 aliphatic heterocycles. The van der Waals surface area contributed by atoms with Gasteiger partial charge in [-0.1, -0.05) is 18.2 Å². The minimum atomic E-state index is -2.82. The van der Waals surface area contributed by atoms with Crippen LogP contribution in [0.5, 0.6) is 5.75 Å². The third kappa shape index (κ3) is 3.17. The van der Waals surface area contributed by atoms with E-state index in [1.807, 2.05) is 13.8 Å². The van der Waals surface area contributed by atoms with Crippen LogP contribution in [0.15, 0.2) is 24.3 Å². The summed E-state index contributed by atoms with van der Waals surface area (Å²) < 4.78 is 34.8. The van der Waals surface area contributed by atoms with E-state index < -0.39 is 6.61 Å². The van der Waals surface area contributed by atoms with E-state index in [0.29, 0.717) is 18.7 Å². The fourth-order valence-electron chi connectivity index (χ4n) is 1.94. The monoisotopic (exact) mass is 257 g/mol. The highest BCUT2D eigenvalue weighted by atomic mass is 19.3. The van der Waals surface area contributed by atoms with Gasteiger partial charge in [0, 0.05) is 17.6 Å². The number of benzene rings is 1. The Morgan fingerprint density at radius 3 is 2.72 bits per heavy atom. The molecule has 0 amide bonds. The molecule has 0 spiro atoms. The van der Waals surface area contributed by atoms with E-state index in [2.05, 4.69) is 10.1 Å². The number of hydrogen-bond donors (Lipinski definition) is 1. The summed E-state index contributed by atoms with van der Waals surface area (Å²) in [6, 6.07) is 6.74. The summed E-state index contributed by atoms with van der Waals surface area (Å²) in [6.45, 7) is 2.35. The molecule has 0 radical (unpaired) electrons. The molecule has 1 N–H and O–H groups in total. The summed E-state index contributed by atoms with van der Waals surface area (Å²) in [5.74, 6) is 0.180. The van der Waals surface area contributed by atoms with Gasteiger partial charge in [-0.25, -0.2) is 0 Å². The summed E-state index contributed by atoms with van der Waals surface area (Å²) in [5, 5.41) is 3.32. The van der Waals surface area contributed by atoms with E-state index in [-0.39, 0.29) is 17.4 Å². The Labute approximate surface area is 105 Å². The molecule has 0 bridgehead atoms. The predicted molar refractivity (Wildman–Crippen MR) is 63.8 cm³/mol. The third-order valence-electron chi connectivity index (χ3n) is 2.89. The highest BCUT2D eigenvalue weighted by Gasteiger charge is 2.29. The van der Waals surface area contributed by atoms with Crippen molar-refractivity contribution >= 4 is 0 Å². The van der Waals surface area contributed by atoms with Gasteiger partial charge in [0.15, 0.2) is 0 Å². The van der Waals surface area contributed by atoms with Crippen LogP contribution in [0.2, 0.25) is 0 Å². The van der Waals surface area contributed by atoms with Gasteiger partial charge in [0.2, 0.25) is 0 Å². The molecule has 1 saturated heterocycles. The Morgan fingerprint density at radius 2 is 2.11 bits per heavy atom. The highest BCUT2D eigenvalue weighted by Crippen LogP contribution is 2.31. The average Bonchev–Trinajstić information content (AvgIpc) is 2.29. The van der Waals surface area contributed by atoms with E-state index in [1.54, 1.807) is 18.2 Å². The molecule has 100 valence electrons. The van der Waals surface area contributed by atoms with E-state index in [4.69, 9.17) is 4.74 Å². The SMILES string of the molecule is CC1(C)COC(c2ccccc2OC(F)F)CN1. The second-order valence-electron chi connectivity index (χ2n) is 4.98. The quantitative estimate of drug-likeness (QED) is 0.903. The van der Waals surface area contributed by atoms with Crippen molar-refractivity contribution in [3.63, 3.8) is 0 Å². The van der Waals surface area contributed by atoms with Gasteiger partial charge in [-0.05, 0) is 19.9 Å². The number of rotatable bonds is 3. The lowest BCUT2D eigenvalue weighted by molar-refractivity contribution is -0.0568. The lowest BCUT2D eigenvalue weighted by Crippen LogP contribution is -2.50. The number of alkyl halides is 2. The van der Waals surface area contributed by atoms with Gasteiger partial charge in [-0.15, -0.1) is 0 Å². The second kappa shape index (κ2) is 5.20. The smallest absolute Gasteiger partial charge is 0.387 e. The van der Waals surface area contributed by atoms with Gasteiger partial charge in [0.05, 0.1) is 12.7 Å². The highest BCUT2D eigenvalue weighted by molar-refractivity contribution is 5.35. The predicted octanol–water partition coefficient (Wildman–Crippen LogP) is 2.73. The molecule has 0 aromatic heterocycles. The molecular formula is C13H17F2NO2. The Kier molecular flexibility index (Phi) is 3.82. The van der Waals surface area contributed by atoms with Crippen molar-refractivity contribution in [3.8, 4) is 5.75 Å². The Morgan fingerprint density at radius 1 is 1.39 bits per heavy atom. The van der Waals surface area contributed by atoms with E-state index >= 15 is 0 Å². The molecule has 3 nitrogen and oxygen atoms in total. The summed E-state index contributed by atoms with van der Waals surface area (Å²) >= 11 is 0. The van der Waals surface area contributed by atoms with Crippen LogP contribution in [-0.2, 0) is 4.74 Å². The van der Waals surface area contributed by atoms with Crippen molar-refractivity contribution in [3.05, 3.63) is 29.8 Å². The van der Waals surface area contributed by atoms with Crippen LogP contribution < -0.4 is 10.1 Å². The molecule has 0 aliphatic carbocycles. The summed E-state index contributed by atoms with van der Waals surface area (Å²) in [6.07, 6.45) is -0.257. The van der Waals surface area contributed by atoms with Crippen LogP contribution in [0.3, 0.4) is 0 Å². The fraction of sp³-hybridized carbons (Fsp3) is 0.538. The minimum absolute atomic E-state index is 0.0883. The molecule has 1 fully saturated rings. The normalized spacial score (nSPS) is 23.1. The van der Waals surface area contributed by atoms with Gasteiger partial charge >= 0.3 is 6.61 Å². The van der Waals surface area contributed by atoms with Crippen LogP contribution in [0.4, 0.5) is 8.78 Å². The van der Waals surface area contributed by atoms with E-state index in [9.17, 15) is 8.78 Å². The van der Waals surface area contributed by atoms with Crippen LogP contribution >= 0.6 is 0 Å². The molecule has 1 unspecified atom stereocenters. The molecule has 1 aliphatic rings. The topological polar surface area (TPSA) is 30.5 Å². The maximum Gasteiger partial charge on any atom is 0.387 e. The molecule has 1 atom stereocenters. The molecule has 1 heterocycles. The van der Waals surface area contributed by atoms with E-state index in [1.165, 1.54) is 6.07 Å². The first-order valence-corrected chi connectivity index (χ1v) is 5.88. The zero-order valence-corrected chi connectivity index (χ0v) is 10.5. The van der Waals surface area contributed by atoms with Gasteiger partial charge in [0.1, 0.15) is 5.75 Å². The maximum absolute atomic E-state index is 12.3. The number of hydrogen-bond acceptors (Lipinski definition) is 3. The maximum atomic E-state index is 12.3. The molecule has 2 rings (SSSR count). The first-order chi connectivity index (χ1) is 8.48. The molecule has 1 aromatic carbocycles.